The molecule has 0 saturated heterocycles. The van der Waals surface area contributed by atoms with Crippen molar-refractivity contribution in [3.63, 3.8) is 0 Å². The van der Waals surface area contributed by atoms with E-state index in [4.69, 9.17) is 5.11 Å². The maximum atomic E-state index is 11.0. The van der Waals surface area contributed by atoms with E-state index in [1.54, 1.807) is 0 Å². The fourth-order valence-corrected chi connectivity index (χ4v) is 2.44. The molecule has 3 nitrogen and oxygen atoms in total. The van der Waals surface area contributed by atoms with Gasteiger partial charge in [0.2, 0.25) is 0 Å². The van der Waals surface area contributed by atoms with E-state index < -0.39 is 11.9 Å². The highest BCUT2D eigenvalue weighted by molar-refractivity contribution is 8.13. The van der Waals surface area contributed by atoms with Crippen LogP contribution in [0.3, 0.4) is 0 Å². The molecule has 1 atom stereocenters. The Bertz CT molecular complexity index is 389. The van der Waals surface area contributed by atoms with Crippen LogP contribution in [0.25, 0.3) is 0 Å². The van der Waals surface area contributed by atoms with Gasteiger partial charge in [0.1, 0.15) is 0 Å². The normalized spacial score (nSPS) is 12.1. The average Bonchev–Trinajstić information content (AvgIpc) is 2.34. The maximum absolute atomic E-state index is 11.0. The molecule has 1 aromatic carbocycles. The van der Waals surface area contributed by atoms with Crippen LogP contribution in [0.5, 0.6) is 0 Å². The van der Waals surface area contributed by atoms with Gasteiger partial charge in [-0.05, 0) is 24.8 Å². The van der Waals surface area contributed by atoms with Gasteiger partial charge >= 0.3 is 5.97 Å². The van der Waals surface area contributed by atoms with E-state index in [0.717, 1.165) is 24.6 Å². The van der Waals surface area contributed by atoms with Crippen molar-refractivity contribution in [1.82, 2.24) is 0 Å². The second kappa shape index (κ2) is 7.93. The van der Waals surface area contributed by atoms with Crippen molar-refractivity contribution in [3.8, 4) is 0 Å². The quantitative estimate of drug-likeness (QED) is 0.824. The van der Waals surface area contributed by atoms with Gasteiger partial charge in [0.15, 0.2) is 5.12 Å². The van der Waals surface area contributed by atoms with Crippen LogP contribution >= 0.6 is 11.8 Å². The molecule has 0 spiro atoms. The van der Waals surface area contributed by atoms with Gasteiger partial charge < -0.3 is 5.11 Å². The van der Waals surface area contributed by atoms with Crippen LogP contribution in [0.1, 0.15) is 25.3 Å². The van der Waals surface area contributed by atoms with Gasteiger partial charge in [0.05, 0.1) is 5.92 Å². The third kappa shape index (κ3) is 5.87. The second-order valence-electron chi connectivity index (χ2n) is 4.22. The summed E-state index contributed by atoms with van der Waals surface area (Å²) in [5.74, 6) is -0.862. The predicted molar refractivity (Wildman–Crippen MR) is 73.6 cm³/mol. The summed E-state index contributed by atoms with van der Waals surface area (Å²) < 4.78 is 0. The minimum absolute atomic E-state index is 0.0238. The zero-order valence-corrected chi connectivity index (χ0v) is 11.3. The van der Waals surface area contributed by atoms with Crippen molar-refractivity contribution in [2.45, 2.75) is 26.2 Å². The predicted octanol–water partition coefficient (Wildman–Crippen LogP) is 2.99. The first-order chi connectivity index (χ1) is 8.59. The Balaban J connectivity index is 2.34. The number of aliphatic carboxylic acids is 1. The molecule has 0 aliphatic rings. The van der Waals surface area contributed by atoms with Crippen LogP contribution in [0, 0.1) is 5.92 Å². The summed E-state index contributed by atoms with van der Waals surface area (Å²) in [6, 6.07) is 10.0. The zero-order valence-electron chi connectivity index (χ0n) is 10.5. The highest BCUT2D eigenvalue weighted by Crippen LogP contribution is 2.17. The first-order valence-electron chi connectivity index (χ1n) is 5.99. The number of rotatable bonds is 7. The van der Waals surface area contributed by atoms with Gasteiger partial charge in [-0.3, -0.25) is 9.59 Å². The SMILES string of the molecule is CC(=O)SC[C@H](CCCc1ccccc1)C(=O)O. The van der Waals surface area contributed by atoms with Crippen LogP contribution in [0.2, 0.25) is 0 Å². The van der Waals surface area contributed by atoms with E-state index in [9.17, 15) is 9.59 Å². The highest BCUT2D eigenvalue weighted by atomic mass is 32.2. The molecule has 1 aromatic rings. The fourth-order valence-electron chi connectivity index (χ4n) is 1.69. The number of thioether (sulfide) groups is 1. The minimum atomic E-state index is -0.809. The molecule has 0 saturated carbocycles. The zero-order chi connectivity index (χ0) is 13.4. The first-order valence-corrected chi connectivity index (χ1v) is 6.98. The number of hydrogen-bond donors (Lipinski definition) is 1. The topological polar surface area (TPSA) is 54.4 Å². The smallest absolute Gasteiger partial charge is 0.307 e. The number of carbonyl (C=O) groups excluding carboxylic acids is 1. The van der Waals surface area contributed by atoms with Crippen LogP contribution in [-0.2, 0) is 16.0 Å². The summed E-state index contributed by atoms with van der Waals surface area (Å²) in [6.45, 7) is 1.47. The molecule has 18 heavy (non-hydrogen) atoms. The number of hydrogen-bond acceptors (Lipinski definition) is 3. The summed E-state index contributed by atoms with van der Waals surface area (Å²) in [5.41, 5.74) is 1.22. The van der Waals surface area contributed by atoms with Crippen molar-refractivity contribution in [1.29, 1.82) is 0 Å². The van der Waals surface area contributed by atoms with Crippen LogP contribution in [0.4, 0.5) is 0 Å². The van der Waals surface area contributed by atoms with Crippen molar-refractivity contribution in [2.75, 3.05) is 5.75 Å². The lowest BCUT2D eigenvalue weighted by Crippen LogP contribution is -2.17. The number of carboxylic acids is 1. The fraction of sp³-hybridized carbons (Fsp3) is 0.429. The molecule has 1 rings (SSSR count). The molecular formula is C14H18O3S. The molecule has 0 heterocycles. The first kappa shape index (κ1) is 14.8. The largest absolute Gasteiger partial charge is 0.481 e. The van der Waals surface area contributed by atoms with Crippen LogP contribution < -0.4 is 0 Å². The van der Waals surface area contributed by atoms with E-state index in [1.165, 1.54) is 12.5 Å². The molecule has 0 radical (unpaired) electrons. The molecule has 0 aliphatic carbocycles. The lowest BCUT2D eigenvalue weighted by molar-refractivity contribution is -0.141. The molecule has 0 bridgehead atoms. The van der Waals surface area contributed by atoms with E-state index in [-0.39, 0.29) is 5.12 Å². The van der Waals surface area contributed by atoms with Gasteiger partial charge in [-0.25, -0.2) is 0 Å². The summed E-state index contributed by atoms with van der Waals surface area (Å²) in [7, 11) is 0. The molecule has 0 aromatic heterocycles. The summed E-state index contributed by atoms with van der Waals surface area (Å²) >= 11 is 1.09. The number of aryl methyl sites for hydroxylation is 1. The van der Waals surface area contributed by atoms with Crippen LogP contribution in [0.15, 0.2) is 30.3 Å². The lowest BCUT2D eigenvalue weighted by atomic mass is 10.0. The van der Waals surface area contributed by atoms with E-state index >= 15 is 0 Å². The monoisotopic (exact) mass is 266 g/mol. The Morgan fingerprint density at radius 3 is 2.50 bits per heavy atom. The Morgan fingerprint density at radius 2 is 1.94 bits per heavy atom. The lowest BCUT2D eigenvalue weighted by Gasteiger charge is -2.10. The number of benzene rings is 1. The molecule has 0 fully saturated rings. The van der Waals surface area contributed by atoms with E-state index in [2.05, 4.69) is 0 Å². The Hall–Kier alpha value is -1.29. The number of carbonyl (C=O) groups is 2. The van der Waals surface area contributed by atoms with Gasteiger partial charge in [0.25, 0.3) is 0 Å². The van der Waals surface area contributed by atoms with Gasteiger partial charge in [-0.1, -0.05) is 42.1 Å². The highest BCUT2D eigenvalue weighted by Gasteiger charge is 2.17. The van der Waals surface area contributed by atoms with Crippen molar-refractivity contribution in [2.24, 2.45) is 5.92 Å². The van der Waals surface area contributed by atoms with Crippen LogP contribution in [-0.4, -0.2) is 21.9 Å². The van der Waals surface area contributed by atoms with Gasteiger partial charge in [-0.2, -0.15) is 0 Å². The van der Waals surface area contributed by atoms with Crippen molar-refractivity contribution < 1.29 is 14.7 Å². The molecule has 0 aliphatic heterocycles. The van der Waals surface area contributed by atoms with Crippen molar-refractivity contribution in [3.05, 3.63) is 35.9 Å². The van der Waals surface area contributed by atoms with Gasteiger partial charge in [0, 0.05) is 12.7 Å². The Morgan fingerprint density at radius 1 is 1.28 bits per heavy atom. The van der Waals surface area contributed by atoms with E-state index in [1.807, 2.05) is 30.3 Å². The minimum Gasteiger partial charge on any atom is -0.481 e. The Kier molecular flexibility index (Phi) is 6.50. The Labute approximate surface area is 112 Å². The molecule has 0 unspecified atom stereocenters. The molecule has 4 heteroatoms. The summed E-state index contributed by atoms with van der Waals surface area (Å²) in [5, 5.41) is 9.03. The average molecular weight is 266 g/mol. The second-order valence-corrected chi connectivity index (χ2v) is 5.41. The standard InChI is InChI=1S/C14H18O3S/c1-11(15)18-10-13(14(16)17)9-5-8-12-6-3-2-4-7-12/h2-4,6-7,13H,5,8-10H2,1H3,(H,16,17)/t13-/m0/s1. The van der Waals surface area contributed by atoms with Gasteiger partial charge in [-0.15, -0.1) is 0 Å². The molecule has 0 amide bonds. The third-order valence-corrected chi connectivity index (χ3v) is 3.67. The van der Waals surface area contributed by atoms with Crippen molar-refractivity contribution >= 4 is 22.8 Å². The molecule has 1 N–H and O–H groups in total. The third-order valence-electron chi connectivity index (χ3n) is 2.70. The summed E-state index contributed by atoms with van der Waals surface area (Å²) in [4.78, 5) is 21.9. The number of carboxylic acid groups (broad SMARTS) is 1. The maximum Gasteiger partial charge on any atom is 0.307 e. The molecule has 98 valence electrons. The molecular weight excluding hydrogens is 248 g/mol. The summed E-state index contributed by atoms with van der Waals surface area (Å²) in [6.07, 6.45) is 2.33. The van der Waals surface area contributed by atoms with E-state index in [0.29, 0.717) is 12.2 Å².